The van der Waals surface area contributed by atoms with Crippen LogP contribution in [-0.2, 0) is 0 Å². The van der Waals surface area contributed by atoms with Crippen LogP contribution in [0.5, 0.6) is 5.88 Å². The zero-order valence-corrected chi connectivity index (χ0v) is 14.9. The number of ether oxygens (including phenoxy) is 1. The van der Waals surface area contributed by atoms with Crippen LogP contribution in [0.25, 0.3) is 11.0 Å². The van der Waals surface area contributed by atoms with Crippen LogP contribution >= 0.6 is 0 Å². The van der Waals surface area contributed by atoms with E-state index in [-0.39, 0.29) is 12.1 Å². The summed E-state index contributed by atoms with van der Waals surface area (Å²) in [6, 6.07) is 6.82. The molecule has 0 aliphatic carbocycles. The van der Waals surface area contributed by atoms with Crippen LogP contribution in [0.15, 0.2) is 18.2 Å². The molecular formula is C16H24N4O2Si. The van der Waals surface area contributed by atoms with E-state index in [1.807, 2.05) is 12.1 Å². The molecule has 3 heterocycles. The minimum atomic E-state index is -1.14. The third-order valence-electron chi connectivity index (χ3n) is 4.39. The Morgan fingerprint density at radius 3 is 3.04 bits per heavy atom. The Kier molecular flexibility index (Phi) is 4.41. The van der Waals surface area contributed by atoms with Crippen molar-refractivity contribution in [2.24, 2.45) is 0 Å². The van der Waals surface area contributed by atoms with Crippen molar-refractivity contribution in [3.63, 3.8) is 0 Å². The number of H-pyrrole nitrogens is 1. The number of hydrogen-bond acceptors (Lipinski definition) is 4. The summed E-state index contributed by atoms with van der Waals surface area (Å²) in [4.78, 5) is 19.9. The molecular weight excluding hydrogens is 308 g/mol. The summed E-state index contributed by atoms with van der Waals surface area (Å²) in [6.07, 6.45) is 3.24. The molecule has 1 fully saturated rings. The van der Waals surface area contributed by atoms with Gasteiger partial charge in [-0.1, -0.05) is 25.6 Å². The highest BCUT2D eigenvalue weighted by Gasteiger charge is 2.26. The largest absolute Gasteiger partial charge is 0.481 e. The van der Waals surface area contributed by atoms with Gasteiger partial charge < -0.3 is 20.4 Å². The molecule has 1 atom stereocenters. The van der Waals surface area contributed by atoms with Gasteiger partial charge in [0.15, 0.2) is 0 Å². The second-order valence-corrected chi connectivity index (χ2v) is 12.1. The number of hydrogen-bond donors (Lipinski definition) is 3. The summed E-state index contributed by atoms with van der Waals surface area (Å²) in [5.74, 6) is 0.435. The van der Waals surface area contributed by atoms with Crippen molar-refractivity contribution >= 4 is 25.0 Å². The van der Waals surface area contributed by atoms with Crippen LogP contribution in [0.1, 0.15) is 23.3 Å². The molecule has 124 valence electrons. The molecule has 0 bridgehead atoms. The summed E-state index contributed by atoms with van der Waals surface area (Å²) in [7, 11) is 0.433. The predicted octanol–water partition coefficient (Wildman–Crippen LogP) is 2.26. The van der Waals surface area contributed by atoms with Crippen molar-refractivity contribution in [2.75, 3.05) is 13.3 Å². The topological polar surface area (TPSA) is 79.0 Å². The highest BCUT2D eigenvalue weighted by molar-refractivity contribution is 6.77. The van der Waals surface area contributed by atoms with E-state index in [0.717, 1.165) is 18.0 Å². The molecule has 2 aromatic heterocycles. The van der Waals surface area contributed by atoms with E-state index in [0.29, 0.717) is 17.2 Å². The van der Waals surface area contributed by atoms with Crippen LogP contribution in [0.3, 0.4) is 0 Å². The van der Waals surface area contributed by atoms with Gasteiger partial charge in [-0.2, -0.15) is 4.98 Å². The van der Waals surface area contributed by atoms with E-state index in [4.69, 9.17) is 4.74 Å². The van der Waals surface area contributed by atoms with Crippen LogP contribution in [-0.4, -0.2) is 43.4 Å². The van der Waals surface area contributed by atoms with Gasteiger partial charge in [0, 0.05) is 11.5 Å². The van der Waals surface area contributed by atoms with Crippen LogP contribution in [0, 0.1) is 0 Å². The summed E-state index contributed by atoms with van der Waals surface area (Å²) in [5.41, 5.74) is 1.19. The monoisotopic (exact) mass is 332 g/mol. The van der Waals surface area contributed by atoms with Crippen molar-refractivity contribution < 1.29 is 9.53 Å². The van der Waals surface area contributed by atoms with Crippen LogP contribution in [0.2, 0.25) is 19.1 Å². The van der Waals surface area contributed by atoms with Crippen molar-refractivity contribution in [1.82, 2.24) is 20.6 Å². The maximum Gasteiger partial charge on any atom is 0.268 e. The molecule has 0 unspecified atom stereocenters. The van der Waals surface area contributed by atoms with Crippen LogP contribution < -0.4 is 15.4 Å². The lowest BCUT2D eigenvalue weighted by molar-refractivity contribution is 0.0924. The number of aromatic amines is 1. The number of methoxy groups -OCH3 is 1. The van der Waals surface area contributed by atoms with Gasteiger partial charge in [0.25, 0.3) is 5.91 Å². The third kappa shape index (κ3) is 3.73. The molecule has 23 heavy (non-hydrogen) atoms. The molecule has 1 saturated heterocycles. The highest BCUT2D eigenvalue weighted by Crippen LogP contribution is 2.19. The first-order chi connectivity index (χ1) is 11.0. The lowest BCUT2D eigenvalue weighted by atomic mass is 10.2. The average Bonchev–Trinajstić information content (AvgIpc) is 2.87. The summed E-state index contributed by atoms with van der Waals surface area (Å²) in [6.45, 7) is 4.78. The Morgan fingerprint density at radius 1 is 1.43 bits per heavy atom. The molecule has 2 aromatic rings. The zero-order valence-electron chi connectivity index (χ0n) is 13.9. The minimum absolute atomic E-state index is 0.0469. The number of nitrogens with zero attached hydrogens (tertiary/aromatic N) is 1. The molecule has 3 rings (SSSR count). The molecule has 3 N–H and O–H groups in total. The van der Waals surface area contributed by atoms with Gasteiger partial charge >= 0.3 is 0 Å². The number of fused-ring (bicyclic) bond motifs is 1. The van der Waals surface area contributed by atoms with Gasteiger partial charge in [0.2, 0.25) is 5.88 Å². The fraction of sp³-hybridized carbons (Fsp3) is 0.500. The molecule has 7 heteroatoms. The molecule has 6 nitrogen and oxygen atoms in total. The van der Waals surface area contributed by atoms with Crippen molar-refractivity contribution in [3.05, 3.63) is 23.9 Å². The van der Waals surface area contributed by atoms with Crippen molar-refractivity contribution in [3.8, 4) is 5.88 Å². The number of carbonyl (C=O) groups is 1. The fourth-order valence-corrected chi connectivity index (χ4v) is 5.09. The lowest BCUT2D eigenvalue weighted by Gasteiger charge is -2.21. The molecule has 0 saturated carbocycles. The smallest absolute Gasteiger partial charge is 0.268 e. The summed E-state index contributed by atoms with van der Waals surface area (Å²) < 4.78 is 5.11. The van der Waals surface area contributed by atoms with E-state index >= 15 is 0 Å². The predicted molar refractivity (Wildman–Crippen MR) is 93.4 cm³/mol. The van der Waals surface area contributed by atoms with Crippen molar-refractivity contribution in [1.29, 1.82) is 0 Å². The Morgan fingerprint density at radius 2 is 2.26 bits per heavy atom. The standard InChI is InChI=1S/C16H24N4O2Si/c1-22-14-7-6-11-9-12(18-15(11)20-14)16(21)19-13-5-4-8-23(2,3)10-17-13/h6-7,9,13,17H,4-5,8,10H2,1-3H3,(H,18,20)(H,19,21)/t13-/m0/s1. The normalized spacial score (nSPS) is 20.9. The van der Waals surface area contributed by atoms with Gasteiger partial charge in [0.05, 0.1) is 21.3 Å². The first kappa shape index (κ1) is 16.0. The molecule has 1 aliphatic heterocycles. The maximum atomic E-state index is 12.5. The first-order valence-corrected chi connectivity index (χ1v) is 11.5. The molecule has 0 radical (unpaired) electrons. The number of rotatable bonds is 3. The number of amides is 1. The van der Waals surface area contributed by atoms with Gasteiger partial charge in [-0.05, 0) is 24.7 Å². The molecule has 0 aromatic carbocycles. The van der Waals surface area contributed by atoms with Crippen LogP contribution in [0.4, 0.5) is 0 Å². The molecule has 0 spiro atoms. The summed E-state index contributed by atoms with van der Waals surface area (Å²) >= 11 is 0. The van der Waals surface area contributed by atoms with E-state index in [9.17, 15) is 4.79 Å². The quantitative estimate of drug-likeness (QED) is 0.753. The summed E-state index contributed by atoms with van der Waals surface area (Å²) in [5, 5.41) is 7.49. The molecule has 1 aliphatic rings. The Bertz CT molecular complexity index is 713. The van der Waals surface area contributed by atoms with Gasteiger partial charge in [-0.3, -0.25) is 4.79 Å². The second kappa shape index (κ2) is 6.33. The number of aromatic nitrogens is 2. The van der Waals surface area contributed by atoms with E-state index < -0.39 is 8.07 Å². The second-order valence-electron chi connectivity index (χ2n) is 6.94. The highest BCUT2D eigenvalue weighted by atomic mass is 28.3. The number of nitrogens with one attached hydrogen (secondary N) is 3. The van der Waals surface area contributed by atoms with Gasteiger partial charge in [-0.25, -0.2) is 0 Å². The Hall–Kier alpha value is -1.86. The number of carbonyl (C=O) groups excluding carboxylic acids is 1. The maximum absolute atomic E-state index is 12.5. The van der Waals surface area contributed by atoms with E-state index in [2.05, 4.69) is 33.7 Å². The third-order valence-corrected chi connectivity index (χ3v) is 7.25. The van der Waals surface area contributed by atoms with E-state index in [1.54, 1.807) is 13.2 Å². The number of pyridine rings is 1. The van der Waals surface area contributed by atoms with Gasteiger partial charge in [-0.15, -0.1) is 0 Å². The Balaban J connectivity index is 1.70. The minimum Gasteiger partial charge on any atom is -0.481 e. The van der Waals surface area contributed by atoms with Gasteiger partial charge in [0.1, 0.15) is 11.3 Å². The zero-order chi connectivity index (χ0) is 16.4. The average molecular weight is 332 g/mol. The Labute approximate surface area is 137 Å². The molecule has 1 amide bonds. The van der Waals surface area contributed by atoms with Crippen molar-refractivity contribution in [2.45, 2.75) is 38.1 Å². The SMILES string of the molecule is COc1ccc2cc(C(=O)N[C@H]3CCC[Si](C)(C)CN3)[nH]c2n1. The first-order valence-electron chi connectivity index (χ1n) is 8.05. The van der Waals surface area contributed by atoms with E-state index in [1.165, 1.54) is 12.5 Å². The fourth-order valence-electron chi connectivity index (χ4n) is 2.96. The lowest BCUT2D eigenvalue weighted by Crippen LogP contribution is -2.49.